The number of primary amides is 1. The van der Waals surface area contributed by atoms with E-state index >= 15 is 0 Å². The molecule has 41 heavy (non-hydrogen) atoms. The van der Waals surface area contributed by atoms with Crippen LogP contribution in [0.25, 0.3) is 10.9 Å². The Morgan fingerprint density at radius 1 is 1.22 bits per heavy atom. The van der Waals surface area contributed by atoms with Crippen LogP contribution in [-0.4, -0.2) is 64.1 Å². The standard InChI is InChI=1S/C30H29F2N5O4/c1-5-16-6-7-21-19(9-16)30(29(41)35-21)13-25(26(33)38)37(14-30)28(40)24(8-15(2)3)36(4)27(39)23-12-18-20(32)10-17(31)11-22(18)34-23/h1,6-7,9-12,15,24-25,34H,8,13-14H2,2-4H3,(H2,33,38)(H,35,41)/t24-,25-,30-/m0/s1. The molecule has 212 valence electrons. The fourth-order valence-electron chi connectivity index (χ4n) is 5.92. The highest BCUT2D eigenvalue weighted by atomic mass is 19.1. The first-order valence-electron chi connectivity index (χ1n) is 13.1. The number of aromatic nitrogens is 1. The SMILES string of the molecule is C#Cc1ccc2c(c1)[C@@]1(C[C@@H](C(N)=O)N(C(=O)[C@H](CC(C)C)N(C)C(=O)c3cc4c(F)cc(F)cc4[nH]3)C1)C(=O)N2. The number of anilines is 1. The van der Waals surface area contributed by atoms with Crippen molar-refractivity contribution in [3.05, 3.63) is 64.9 Å². The number of halogens is 2. The van der Waals surface area contributed by atoms with E-state index in [9.17, 15) is 28.0 Å². The number of hydrogen-bond acceptors (Lipinski definition) is 4. The smallest absolute Gasteiger partial charge is 0.270 e. The zero-order chi connectivity index (χ0) is 29.8. The maximum Gasteiger partial charge on any atom is 0.270 e. The minimum absolute atomic E-state index is 0.0300. The van der Waals surface area contributed by atoms with Gasteiger partial charge in [0.1, 0.15) is 29.4 Å². The van der Waals surface area contributed by atoms with Crippen molar-refractivity contribution in [2.75, 3.05) is 18.9 Å². The summed E-state index contributed by atoms with van der Waals surface area (Å²) in [5.41, 5.74) is 6.22. The van der Waals surface area contributed by atoms with Crippen LogP contribution < -0.4 is 11.1 Å². The molecule has 4 amide bonds. The average Bonchev–Trinajstić information content (AvgIpc) is 3.61. The van der Waals surface area contributed by atoms with Crippen LogP contribution in [0.1, 0.15) is 48.3 Å². The summed E-state index contributed by atoms with van der Waals surface area (Å²) >= 11 is 0. The summed E-state index contributed by atoms with van der Waals surface area (Å²) in [4.78, 5) is 58.9. The quantitative estimate of drug-likeness (QED) is 0.400. The molecular formula is C30H29F2N5O4. The normalized spacial score (nSPS) is 20.3. The van der Waals surface area contributed by atoms with Crippen LogP contribution in [0.5, 0.6) is 0 Å². The molecule has 0 aliphatic carbocycles. The van der Waals surface area contributed by atoms with Crippen LogP contribution in [0, 0.1) is 29.9 Å². The Bertz CT molecular complexity index is 1660. The van der Waals surface area contributed by atoms with Gasteiger partial charge in [0.05, 0.1) is 10.9 Å². The van der Waals surface area contributed by atoms with Crippen LogP contribution in [0.4, 0.5) is 14.5 Å². The number of carbonyl (C=O) groups excluding carboxylic acids is 4. The zero-order valence-corrected chi connectivity index (χ0v) is 22.8. The number of nitrogens with zero attached hydrogens (tertiary/aromatic N) is 2. The molecule has 0 unspecified atom stereocenters. The van der Waals surface area contributed by atoms with Crippen LogP contribution in [-0.2, 0) is 19.8 Å². The summed E-state index contributed by atoms with van der Waals surface area (Å²) in [7, 11) is 1.43. The van der Waals surface area contributed by atoms with Crippen molar-refractivity contribution in [3.8, 4) is 12.3 Å². The van der Waals surface area contributed by atoms with Crippen molar-refractivity contribution in [1.82, 2.24) is 14.8 Å². The van der Waals surface area contributed by atoms with Crippen molar-refractivity contribution >= 4 is 40.2 Å². The summed E-state index contributed by atoms with van der Waals surface area (Å²) in [6.07, 6.45) is 5.76. The highest BCUT2D eigenvalue weighted by molar-refractivity contribution is 6.08. The van der Waals surface area contributed by atoms with Crippen molar-refractivity contribution in [1.29, 1.82) is 0 Å². The van der Waals surface area contributed by atoms with E-state index in [1.807, 2.05) is 13.8 Å². The molecule has 11 heteroatoms. The van der Waals surface area contributed by atoms with Gasteiger partial charge in [-0.25, -0.2) is 8.78 Å². The second-order valence-corrected chi connectivity index (χ2v) is 11.1. The minimum Gasteiger partial charge on any atom is -0.368 e. The van der Waals surface area contributed by atoms with Crippen LogP contribution in [0.15, 0.2) is 36.4 Å². The van der Waals surface area contributed by atoms with Gasteiger partial charge < -0.3 is 25.8 Å². The number of likely N-dealkylation sites (tertiary alicyclic amines) is 1. The predicted molar refractivity (Wildman–Crippen MR) is 148 cm³/mol. The molecule has 1 fully saturated rings. The summed E-state index contributed by atoms with van der Waals surface area (Å²) in [6, 6.07) is 5.96. The van der Waals surface area contributed by atoms with E-state index in [4.69, 9.17) is 12.2 Å². The zero-order valence-electron chi connectivity index (χ0n) is 22.8. The van der Waals surface area contributed by atoms with Crippen molar-refractivity contribution in [2.24, 2.45) is 11.7 Å². The third-order valence-corrected chi connectivity index (χ3v) is 8.00. The third kappa shape index (κ3) is 4.59. The van der Waals surface area contributed by atoms with Gasteiger partial charge in [0.15, 0.2) is 0 Å². The summed E-state index contributed by atoms with van der Waals surface area (Å²) < 4.78 is 28.0. The molecule has 2 aromatic carbocycles. The number of nitrogens with one attached hydrogen (secondary N) is 2. The Hall–Kier alpha value is -4.72. The molecule has 1 aromatic heterocycles. The fraction of sp³-hybridized carbons (Fsp3) is 0.333. The number of amides is 4. The van der Waals surface area contributed by atoms with Gasteiger partial charge in [-0.3, -0.25) is 19.2 Å². The second kappa shape index (κ2) is 10.0. The molecule has 2 aliphatic rings. The maximum absolute atomic E-state index is 14.3. The van der Waals surface area contributed by atoms with E-state index in [-0.39, 0.29) is 47.8 Å². The number of likely N-dealkylation sites (N-methyl/N-ethyl adjacent to an activating group) is 1. The van der Waals surface area contributed by atoms with Crippen molar-refractivity contribution < 1.29 is 28.0 Å². The molecule has 0 saturated carbocycles. The number of benzene rings is 2. The number of terminal acetylenes is 1. The highest BCUT2D eigenvalue weighted by Gasteiger charge is 2.58. The molecule has 3 aromatic rings. The number of aromatic amines is 1. The van der Waals surface area contributed by atoms with Crippen LogP contribution in [0.2, 0.25) is 0 Å². The lowest BCUT2D eigenvalue weighted by Gasteiger charge is -2.33. The number of carbonyl (C=O) groups is 4. The number of hydrogen-bond donors (Lipinski definition) is 3. The predicted octanol–water partition coefficient (Wildman–Crippen LogP) is 2.89. The molecule has 3 atom stereocenters. The Kier molecular flexibility index (Phi) is 6.81. The monoisotopic (exact) mass is 561 g/mol. The lowest BCUT2D eigenvalue weighted by Crippen LogP contribution is -2.54. The van der Waals surface area contributed by atoms with Gasteiger partial charge in [-0.2, -0.15) is 0 Å². The van der Waals surface area contributed by atoms with Crippen molar-refractivity contribution in [3.63, 3.8) is 0 Å². The van der Waals surface area contributed by atoms with Crippen molar-refractivity contribution in [2.45, 2.75) is 44.2 Å². The van der Waals surface area contributed by atoms with Crippen LogP contribution >= 0.6 is 0 Å². The van der Waals surface area contributed by atoms with Gasteiger partial charge in [0.2, 0.25) is 17.7 Å². The Balaban J connectivity index is 1.50. The van der Waals surface area contributed by atoms with E-state index < -0.39 is 46.9 Å². The summed E-state index contributed by atoms with van der Waals surface area (Å²) in [5, 5.41) is 2.85. The molecule has 4 N–H and O–H groups in total. The Morgan fingerprint density at radius 2 is 1.95 bits per heavy atom. The Labute approximate surface area is 235 Å². The van der Waals surface area contributed by atoms with E-state index in [0.717, 1.165) is 12.1 Å². The number of H-pyrrole nitrogens is 1. The third-order valence-electron chi connectivity index (χ3n) is 8.00. The largest absolute Gasteiger partial charge is 0.368 e. The molecule has 3 heterocycles. The van der Waals surface area contributed by atoms with Gasteiger partial charge in [0, 0.05) is 36.3 Å². The molecule has 2 aliphatic heterocycles. The lowest BCUT2D eigenvalue weighted by molar-refractivity contribution is -0.141. The van der Waals surface area contributed by atoms with Crippen LogP contribution in [0.3, 0.4) is 0 Å². The van der Waals surface area contributed by atoms with E-state index in [1.54, 1.807) is 18.2 Å². The molecule has 0 radical (unpaired) electrons. The van der Waals surface area contributed by atoms with E-state index in [0.29, 0.717) is 16.8 Å². The average molecular weight is 562 g/mol. The first kappa shape index (κ1) is 27.8. The van der Waals surface area contributed by atoms with Gasteiger partial charge in [0.25, 0.3) is 5.91 Å². The molecular weight excluding hydrogens is 532 g/mol. The van der Waals surface area contributed by atoms with Gasteiger partial charge in [-0.1, -0.05) is 19.8 Å². The second-order valence-electron chi connectivity index (χ2n) is 11.1. The van der Waals surface area contributed by atoms with E-state index in [1.165, 1.54) is 22.9 Å². The Morgan fingerprint density at radius 3 is 2.61 bits per heavy atom. The summed E-state index contributed by atoms with van der Waals surface area (Å²) in [5.74, 6) is -1.49. The van der Waals surface area contributed by atoms with E-state index in [2.05, 4.69) is 16.2 Å². The first-order valence-corrected chi connectivity index (χ1v) is 13.1. The maximum atomic E-state index is 14.3. The highest BCUT2D eigenvalue weighted by Crippen LogP contribution is 2.47. The molecule has 0 bridgehead atoms. The molecule has 9 nitrogen and oxygen atoms in total. The molecule has 1 spiro atoms. The molecule has 1 saturated heterocycles. The summed E-state index contributed by atoms with van der Waals surface area (Å²) in [6.45, 7) is 3.61. The van der Waals surface area contributed by atoms with Gasteiger partial charge in [-0.15, -0.1) is 6.42 Å². The number of nitrogens with two attached hydrogens (primary N) is 1. The number of fused-ring (bicyclic) bond motifs is 3. The molecule has 5 rings (SSSR count). The fourth-order valence-corrected chi connectivity index (χ4v) is 5.92. The first-order chi connectivity index (χ1) is 19.4. The minimum atomic E-state index is -1.25. The topological polar surface area (TPSA) is 129 Å². The van der Waals surface area contributed by atoms with Gasteiger partial charge in [-0.05, 0) is 54.7 Å². The van der Waals surface area contributed by atoms with Gasteiger partial charge >= 0.3 is 0 Å². The number of rotatable bonds is 6. The lowest BCUT2D eigenvalue weighted by atomic mass is 9.79.